The van der Waals surface area contributed by atoms with Crippen LogP contribution in [-0.4, -0.2) is 27.4 Å². The molecule has 2 aromatic carbocycles. The molecule has 0 unspecified atom stereocenters. The molecule has 1 fully saturated rings. The summed E-state index contributed by atoms with van der Waals surface area (Å²) in [5.41, 5.74) is 5.94. The van der Waals surface area contributed by atoms with E-state index in [9.17, 15) is 9.59 Å². The molecule has 180 valence electrons. The molecular weight excluding hydrogens is 484 g/mol. The second-order valence-corrected chi connectivity index (χ2v) is 10.4. The van der Waals surface area contributed by atoms with Gasteiger partial charge in [0.25, 0.3) is 11.1 Å². The Morgan fingerprint density at radius 2 is 1.74 bits per heavy atom. The molecule has 0 aliphatic carbocycles. The summed E-state index contributed by atoms with van der Waals surface area (Å²) >= 11 is 7.31. The normalized spacial score (nSPS) is 16.3. The quantitative estimate of drug-likeness (QED) is 0.353. The third-order valence-corrected chi connectivity index (χ3v) is 7.58. The molecule has 2 amide bonds. The maximum absolute atomic E-state index is 13.2. The number of carbonyl (C=O) groups excluding carboxylic acids is 2. The van der Waals surface area contributed by atoms with E-state index in [0.29, 0.717) is 32.9 Å². The number of thioether (sulfide) groups is 1. The first kappa shape index (κ1) is 23.6. The molecule has 2 aliphatic rings. The number of halogens is 1. The minimum atomic E-state index is -0.333. The van der Waals surface area contributed by atoms with Gasteiger partial charge in [-0.25, -0.2) is 0 Å². The van der Waals surface area contributed by atoms with Gasteiger partial charge in [0.15, 0.2) is 11.5 Å². The largest absolute Gasteiger partial charge is 0.454 e. The fourth-order valence-corrected chi connectivity index (χ4v) is 5.41. The van der Waals surface area contributed by atoms with Crippen LogP contribution in [0.4, 0.5) is 4.79 Å². The van der Waals surface area contributed by atoms with Crippen LogP contribution in [0.5, 0.6) is 11.5 Å². The molecule has 3 aromatic rings. The Bertz CT molecular complexity index is 1370. The highest BCUT2D eigenvalue weighted by Gasteiger charge is 2.36. The number of aromatic nitrogens is 1. The number of aryl methyl sites for hydroxylation is 1. The molecule has 0 N–H and O–H groups in total. The lowest BCUT2D eigenvalue weighted by atomic mass is 10.0. The molecule has 1 saturated heterocycles. The van der Waals surface area contributed by atoms with Gasteiger partial charge in [0.1, 0.15) is 0 Å². The summed E-state index contributed by atoms with van der Waals surface area (Å²) < 4.78 is 12.9. The molecule has 35 heavy (non-hydrogen) atoms. The highest BCUT2D eigenvalue weighted by atomic mass is 35.5. The number of imide groups is 1. The molecular formula is C27H25ClN2O4S. The van der Waals surface area contributed by atoms with E-state index in [1.54, 1.807) is 18.2 Å². The zero-order valence-electron chi connectivity index (χ0n) is 19.9. The van der Waals surface area contributed by atoms with E-state index in [2.05, 4.69) is 42.7 Å². The summed E-state index contributed by atoms with van der Waals surface area (Å²) in [6.07, 6.45) is 1.80. The maximum atomic E-state index is 13.2. The fraction of sp³-hybridized carbons (Fsp3) is 0.259. The van der Waals surface area contributed by atoms with E-state index in [1.807, 2.05) is 19.9 Å². The molecule has 0 atom stereocenters. The van der Waals surface area contributed by atoms with Gasteiger partial charge in [-0.3, -0.25) is 14.5 Å². The van der Waals surface area contributed by atoms with Crippen molar-refractivity contribution in [2.24, 2.45) is 0 Å². The summed E-state index contributed by atoms with van der Waals surface area (Å²) in [6.45, 7) is 8.60. The molecule has 5 rings (SSSR count). The van der Waals surface area contributed by atoms with Crippen molar-refractivity contribution < 1.29 is 19.1 Å². The Hall–Kier alpha value is -3.16. The van der Waals surface area contributed by atoms with Crippen LogP contribution in [0.2, 0.25) is 5.02 Å². The van der Waals surface area contributed by atoms with Crippen LogP contribution in [0.3, 0.4) is 0 Å². The highest BCUT2D eigenvalue weighted by molar-refractivity contribution is 8.18. The van der Waals surface area contributed by atoms with Gasteiger partial charge in [0.05, 0.1) is 11.4 Å². The Morgan fingerprint density at radius 1 is 1.06 bits per heavy atom. The van der Waals surface area contributed by atoms with Crippen LogP contribution in [0.15, 0.2) is 47.4 Å². The summed E-state index contributed by atoms with van der Waals surface area (Å²) in [5, 5.41) is 0.0948. The molecule has 0 radical (unpaired) electrons. The number of rotatable bonds is 5. The van der Waals surface area contributed by atoms with E-state index >= 15 is 0 Å². The van der Waals surface area contributed by atoms with Crippen LogP contribution >= 0.6 is 23.4 Å². The molecule has 1 aromatic heterocycles. The molecule has 0 saturated carbocycles. The topological polar surface area (TPSA) is 60.8 Å². The zero-order valence-corrected chi connectivity index (χ0v) is 21.5. The van der Waals surface area contributed by atoms with Gasteiger partial charge in [-0.15, -0.1) is 0 Å². The minimum absolute atomic E-state index is 0.0682. The van der Waals surface area contributed by atoms with Gasteiger partial charge in [0, 0.05) is 28.2 Å². The number of hydrogen-bond donors (Lipinski definition) is 0. The summed E-state index contributed by atoms with van der Waals surface area (Å²) in [4.78, 5) is 27.5. The number of benzene rings is 2. The van der Waals surface area contributed by atoms with Crippen molar-refractivity contribution in [2.75, 3.05) is 6.79 Å². The number of nitrogens with zero attached hydrogens (tertiary/aromatic N) is 2. The average molecular weight is 509 g/mol. The number of amides is 2. The van der Waals surface area contributed by atoms with Gasteiger partial charge in [0.2, 0.25) is 6.79 Å². The third kappa shape index (κ3) is 4.34. The van der Waals surface area contributed by atoms with E-state index in [1.165, 1.54) is 10.5 Å². The molecule has 2 aliphatic heterocycles. The number of carbonyl (C=O) groups is 2. The van der Waals surface area contributed by atoms with Crippen LogP contribution in [-0.2, 0) is 11.3 Å². The zero-order chi connectivity index (χ0) is 24.9. The second kappa shape index (κ2) is 9.13. The summed E-state index contributed by atoms with van der Waals surface area (Å²) in [6, 6.07) is 13.9. The monoisotopic (exact) mass is 508 g/mol. The van der Waals surface area contributed by atoms with E-state index in [4.69, 9.17) is 21.1 Å². The van der Waals surface area contributed by atoms with Crippen LogP contribution in [0, 0.1) is 13.8 Å². The van der Waals surface area contributed by atoms with Crippen molar-refractivity contribution in [3.63, 3.8) is 0 Å². The van der Waals surface area contributed by atoms with Gasteiger partial charge < -0.3 is 14.0 Å². The smallest absolute Gasteiger partial charge is 0.293 e. The van der Waals surface area contributed by atoms with Crippen molar-refractivity contribution >= 4 is 40.6 Å². The standard InChI is InChI=1S/C27H25ClN2O4S/c1-15(2)18-5-7-21(8-6-18)30-16(3)9-19(17(30)4)11-25-26(31)29(27(32)35-25)13-20-10-23-24(12-22(20)28)34-14-33-23/h5-12,15H,13-14H2,1-4H3. The van der Waals surface area contributed by atoms with E-state index < -0.39 is 0 Å². The lowest BCUT2D eigenvalue weighted by Crippen LogP contribution is -2.27. The Labute approximate surface area is 213 Å². The van der Waals surface area contributed by atoms with Crippen molar-refractivity contribution in [2.45, 2.75) is 40.2 Å². The number of fused-ring (bicyclic) bond motifs is 1. The van der Waals surface area contributed by atoms with Crippen molar-refractivity contribution in [1.82, 2.24) is 9.47 Å². The first-order valence-corrected chi connectivity index (χ1v) is 12.5. The molecule has 0 spiro atoms. The van der Waals surface area contributed by atoms with Crippen LogP contribution < -0.4 is 9.47 Å². The lowest BCUT2D eigenvalue weighted by molar-refractivity contribution is -0.123. The second-order valence-electron chi connectivity index (χ2n) is 8.97. The number of ether oxygens (including phenoxy) is 2. The average Bonchev–Trinajstić information content (AvgIpc) is 3.46. The fourth-order valence-electron chi connectivity index (χ4n) is 4.37. The molecule has 8 heteroatoms. The van der Waals surface area contributed by atoms with Gasteiger partial charge in [-0.05, 0) is 78.6 Å². The van der Waals surface area contributed by atoms with Crippen molar-refractivity contribution in [3.05, 3.63) is 80.5 Å². The van der Waals surface area contributed by atoms with Crippen molar-refractivity contribution in [3.8, 4) is 17.2 Å². The molecule has 6 nitrogen and oxygen atoms in total. The molecule has 3 heterocycles. The predicted molar refractivity (Wildman–Crippen MR) is 138 cm³/mol. The van der Waals surface area contributed by atoms with Gasteiger partial charge in [-0.1, -0.05) is 37.6 Å². The summed E-state index contributed by atoms with van der Waals surface area (Å²) in [7, 11) is 0. The lowest BCUT2D eigenvalue weighted by Gasteiger charge is -2.14. The van der Waals surface area contributed by atoms with Gasteiger partial charge in [-0.2, -0.15) is 0 Å². The first-order valence-electron chi connectivity index (χ1n) is 11.4. The van der Waals surface area contributed by atoms with E-state index in [-0.39, 0.29) is 24.5 Å². The SMILES string of the molecule is Cc1cc(C=C2SC(=O)N(Cc3cc4c(cc3Cl)OCO4)C2=O)c(C)n1-c1ccc(C(C)C)cc1. The van der Waals surface area contributed by atoms with Crippen molar-refractivity contribution in [1.29, 1.82) is 0 Å². The third-order valence-electron chi connectivity index (χ3n) is 6.32. The van der Waals surface area contributed by atoms with E-state index in [0.717, 1.165) is 34.4 Å². The van der Waals surface area contributed by atoms with Crippen LogP contribution in [0.25, 0.3) is 11.8 Å². The summed E-state index contributed by atoms with van der Waals surface area (Å²) in [5.74, 6) is 1.25. The molecule has 0 bridgehead atoms. The Morgan fingerprint density at radius 3 is 2.43 bits per heavy atom. The maximum Gasteiger partial charge on any atom is 0.293 e. The Balaban J connectivity index is 1.40. The number of hydrogen-bond acceptors (Lipinski definition) is 5. The minimum Gasteiger partial charge on any atom is -0.454 e. The first-order chi connectivity index (χ1) is 16.7. The Kier molecular flexibility index (Phi) is 6.15. The predicted octanol–water partition coefficient (Wildman–Crippen LogP) is 6.84. The van der Waals surface area contributed by atoms with Crippen LogP contribution in [0.1, 0.15) is 47.8 Å². The van der Waals surface area contributed by atoms with Gasteiger partial charge >= 0.3 is 0 Å². The highest BCUT2D eigenvalue weighted by Crippen LogP contribution is 2.39.